The van der Waals surface area contributed by atoms with Gasteiger partial charge in [0.1, 0.15) is 11.5 Å². The number of halogens is 2. The van der Waals surface area contributed by atoms with Crippen molar-refractivity contribution in [3.63, 3.8) is 0 Å². The van der Waals surface area contributed by atoms with E-state index in [2.05, 4.69) is 10.8 Å². The summed E-state index contributed by atoms with van der Waals surface area (Å²) in [6, 6.07) is 29.3. The highest BCUT2D eigenvalue weighted by Crippen LogP contribution is 2.36. The van der Waals surface area contributed by atoms with Crippen molar-refractivity contribution in [1.29, 1.82) is 5.26 Å². The van der Waals surface area contributed by atoms with Gasteiger partial charge in [-0.15, -0.1) is 0 Å². The summed E-state index contributed by atoms with van der Waals surface area (Å²) in [4.78, 5) is 15.2. The number of hydrogen-bond donors (Lipinski definition) is 1. The summed E-state index contributed by atoms with van der Waals surface area (Å²) in [6.45, 7) is 0.680. The van der Waals surface area contributed by atoms with E-state index >= 15 is 0 Å². The molecule has 1 amide bonds. The second-order valence-electron chi connectivity index (χ2n) is 9.65. The zero-order chi connectivity index (χ0) is 29.0. The first-order valence-corrected chi connectivity index (χ1v) is 15.1. The zero-order valence-corrected chi connectivity index (χ0v) is 24.1. The minimum atomic E-state index is -4.06. The van der Waals surface area contributed by atoms with E-state index in [4.69, 9.17) is 27.9 Å². The normalized spacial score (nSPS) is 14.6. The number of piperidine rings is 1. The molecule has 7 nitrogen and oxygen atoms in total. The molecule has 0 spiro atoms. The van der Waals surface area contributed by atoms with E-state index in [1.807, 2.05) is 30.3 Å². The number of nitrogens with one attached hydrogen (secondary N) is 1. The lowest BCUT2D eigenvalue weighted by Crippen LogP contribution is -2.44. The van der Waals surface area contributed by atoms with Gasteiger partial charge >= 0.3 is 0 Å². The summed E-state index contributed by atoms with van der Waals surface area (Å²) in [7, 11) is -4.06. The number of sulfonamides is 1. The van der Waals surface area contributed by atoms with Gasteiger partial charge < -0.3 is 9.64 Å². The summed E-state index contributed by atoms with van der Waals surface area (Å²) < 4.78 is 34.8. The van der Waals surface area contributed by atoms with Crippen LogP contribution in [0.1, 0.15) is 28.8 Å². The molecule has 10 heteroatoms. The van der Waals surface area contributed by atoms with Crippen molar-refractivity contribution in [2.45, 2.75) is 23.2 Å². The third-order valence-electron chi connectivity index (χ3n) is 7.10. The van der Waals surface area contributed by atoms with Gasteiger partial charge in [-0.05, 0) is 73.0 Å². The van der Waals surface area contributed by atoms with Crippen LogP contribution in [0, 0.1) is 11.3 Å². The van der Waals surface area contributed by atoms with Crippen molar-refractivity contribution in [3.05, 3.63) is 118 Å². The summed E-state index contributed by atoms with van der Waals surface area (Å²) in [6.07, 6.45) is 0.924. The molecule has 4 aromatic rings. The van der Waals surface area contributed by atoms with Crippen molar-refractivity contribution in [2.24, 2.45) is 0 Å². The molecule has 1 fully saturated rings. The maximum Gasteiger partial charge on any atom is 0.261 e. The van der Waals surface area contributed by atoms with E-state index in [1.54, 1.807) is 29.2 Å². The van der Waals surface area contributed by atoms with E-state index in [-0.39, 0.29) is 22.1 Å². The molecular formula is C31H25Cl2N3O4S. The average molecular weight is 607 g/mol. The largest absolute Gasteiger partial charge is 0.456 e. The van der Waals surface area contributed by atoms with Crippen LogP contribution in [0.4, 0.5) is 5.69 Å². The van der Waals surface area contributed by atoms with E-state index in [9.17, 15) is 18.5 Å². The molecule has 0 unspecified atom stereocenters. The van der Waals surface area contributed by atoms with Crippen LogP contribution in [0.2, 0.25) is 10.0 Å². The Balaban J connectivity index is 1.33. The number of carbonyl (C=O) groups is 1. The fourth-order valence-corrected chi connectivity index (χ4v) is 6.24. The number of anilines is 1. The van der Waals surface area contributed by atoms with Gasteiger partial charge in [0, 0.05) is 18.1 Å². The molecule has 0 radical (unpaired) electrons. The Morgan fingerprint density at radius 1 is 0.902 bits per heavy atom. The number of hydrogen-bond acceptors (Lipinski definition) is 5. The SMILES string of the molecule is N#CC1(c2ccccc2)CCN(C(=O)c2cc(Cl)ccc2NS(=O)(=O)c2ccc(Oc3ccccc3Cl)cc2)CC1. The molecule has 1 aliphatic rings. The fourth-order valence-electron chi connectivity index (χ4n) is 4.81. The smallest absolute Gasteiger partial charge is 0.261 e. The number of nitriles is 1. The molecule has 0 bridgehead atoms. The quantitative estimate of drug-likeness (QED) is 0.238. The van der Waals surface area contributed by atoms with Gasteiger partial charge in [0.2, 0.25) is 0 Å². The molecule has 1 aliphatic heterocycles. The Bertz CT molecular complexity index is 1710. The van der Waals surface area contributed by atoms with Crippen LogP contribution in [0.25, 0.3) is 0 Å². The van der Waals surface area contributed by atoms with Crippen molar-refractivity contribution < 1.29 is 17.9 Å². The van der Waals surface area contributed by atoms with E-state index in [0.717, 1.165) is 5.56 Å². The van der Waals surface area contributed by atoms with Gasteiger partial charge in [0.25, 0.3) is 15.9 Å². The van der Waals surface area contributed by atoms with E-state index in [1.165, 1.54) is 42.5 Å². The van der Waals surface area contributed by atoms with Crippen molar-refractivity contribution in [2.75, 3.05) is 17.8 Å². The molecule has 5 rings (SSSR count). The summed E-state index contributed by atoms with van der Waals surface area (Å²) in [5.74, 6) is 0.488. The first-order valence-electron chi connectivity index (χ1n) is 12.8. The molecule has 4 aromatic carbocycles. The van der Waals surface area contributed by atoms with Gasteiger partial charge in [0.05, 0.1) is 32.7 Å². The van der Waals surface area contributed by atoms with Crippen molar-refractivity contribution in [1.82, 2.24) is 4.90 Å². The van der Waals surface area contributed by atoms with Gasteiger partial charge in [-0.25, -0.2) is 8.42 Å². The lowest BCUT2D eigenvalue weighted by Gasteiger charge is -2.38. The first kappa shape index (κ1) is 28.5. The summed E-state index contributed by atoms with van der Waals surface area (Å²) in [5, 5.41) is 10.7. The van der Waals surface area contributed by atoms with Crippen LogP contribution in [0.5, 0.6) is 11.5 Å². The highest BCUT2D eigenvalue weighted by molar-refractivity contribution is 7.92. The molecule has 0 saturated carbocycles. The summed E-state index contributed by atoms with van der Waals surface area (Å²) >= 11 is 12.4. The van der Waals surface area contributed by atoms with Crippen LogP contribution in [-0.2, 0) is 15.4 Å². The Kier molecular flexibility index (Phi) is 8.22. The second kappa shape index (κ2) is 11.8. The predicted octanol–water partition coefficient (Wildman–Crippen LogP) is 7.28. The lowest BCUT2D eigenvalue weighted by atomic mass is 9.74. The number of ether oxygens (including phenoxy) is 1. The van der Waals surface area contributed by atoms with Crippen LogP contribution in [-0.4, -0.2) is 32.3 Å². The van der Waals surface area contributed by atoms with Crippen molar-refractivity contribution in [3.8, 4) is 17.6 Å². The van der Waals surface area contributed by atoms with Gasteiger partial charge in [-0.3, -0.25) is 9.52 Å². The molecular weight excluding hydrogens is 581 g/mol. The minimum Gasteiger partial charge on any atom is -0.456 e. The van der Waals surface area contributed by atoms with Crippen LogP contribution < -0.4 is 9.46 Å². The Morgan fingerprint density at radius 3 is 2.22 bits per heavy atom. The Hall–Kier alpha value is -4.03. The fraction of sp³-hybridized carbons (Fsp3) is 0.161. The number of nitrogens with zero attached hydrogens (tertiary/aromatic N) is 2. The number of benzene rings is 4. The molecule has 41 heavy (non-hydrogen) atoms. The molecule has 0 atom stereocenters. The highest BCUT2D eigenvalue weighted by Gasteiger charge is 2.38. The van der Waals surface area contributed by atoms with E-state index < -0.39 is 15.4 Å². The Labute approximate surface area is 248 Å². The van der Waals surface area contributed by atoms with Gasteiger partial charge in [0.15, 0.2) is 0 Å². The molecule has 1 heterocycles. The average Bonchev–Trinajstić information content (AvgIpc) is 2.99. The van der Waals surface area contributed by atoms with Crippen LogP contribution in [0.3, 0.4) is 0 Å². The number of rotatable bonds is 7. The van der Waals surface area contributed by atoms with Crippen LogP contribution >= 0.6 is 23.2 Å². The van der Waals surface area contributed by atoms with Crippen molar-refractivity contribution >= 4 is 44.8 Å². The minimum absolute atomic E-state index is 0.0167. The number of amides is 1. The maximum absolute atomic E-state index is 13.6. The molecule has 1 saturated heterocycles. The molecule has 208 valence electrons. The van der Waals surface area contributed by atoms with Gasteiger partial charge in [-0.2, -0.15) is 5.26 Å². The molecule has 1 N–H and O–H groups in total. The second-order valence-corrected chi connectivity index (χ2v) is 12.2. The number of carbonyl (C=O) groups excluding carboxylic acids is 1. The third kappa shape index (κ3) is 6.18. The number of likely N-dealkylation sites (tertiary alicyclic amines) is 1. The Morgan fingerprint density at radius 2 is 1.56 bits per heavy atom. The topological polar surface area (TPSA) is 99.5 Å². The lowest BCUT2D eigenvalue weighted by molar-refractivity contribution is 0.0693. The monoisotopic (exact) mass is 605 g/mol. The molecule has 0 aromatic heterocycles. The highest BCUT2D eigenvalue weighted by atomic mass is 35.5. The maximum atomic E-state index is 13.6. The predicted molar refractivity (Wildman–Crippen MR) is 159 cm³/mol. The third-order valence-corrected chi connectivity index (χ3v) is 9.03. The van der Waals surface area contributed by atoms with E-state index in [0.29, 0.717) is 47.5 Å². The van der Waals surface area contributed by atoms with Crippen LogP contribution in [0.15, 0.2) is 102 Å². The standard InChI is InChI=1S/C31H25Cl2N3O4S/c32-23-10-15-28(35-41(38,39)25-13-11-24(12-14-25)40-29-9-5-4-8-27(29)33)26(20-23)30(37)36-18-16-31(21-34,17-19-36)22-6-2-1-3-7-22/h1-15,20,35H,16-19H2. The summed E-state index contributed by atoms with van der Waals surface area (Å²) in [5.41, 5.74) is 0.479. The zero-order valence-electron chi connectivity index (χ0n) is 21.8. The van der Waals surface area contributed by atoms with Gasteiger partial charge in [-0.1, -0.05) is 65.7 Å². The first-order chi connectivity index (χ1) is 19.7. The molecule has 0 aliphatic carbocycles. The number of para-hydroxylation sites is 1.